The van der Waals surface area contributed by atoms with Crippen molar-refractivity contribution in [3.05, 3.63) is 18.2 Å². The van der Waals surface area contributed by atoms with E-state index in [1.807, 2.05) is 18.7 Å². The first kappa shape index (κ1) is 23.6. The molecule has 2 saturated heterocycles. The van der Waals surface area contributed by atoms with Crippen LogP contribution in [0.2, 0.25) is 0 Å². The van der Waals surface area contributed by atoms with Crippen LogP contribution in [0.3, 0.4) is 0 Å². The van der Waals surface area contributed by atoms with Crippen molar-refractivity contribution in [1.29, 1.82) is 0 Å². The Morgan fingerprint density at radius 3 is 2.79 bits per heavy atom. The highest BCUT2D eigenvalue weighted by molar-refractivity contribution is 7.89. The number of rotatable bonds is 8. The van der Waals surface area contributed by atoms with Gasteiger partial charge in [-0.3, -0.25) is 9.59 Å². The van der Waals surface area contributed by atoms with E-state index < -0.39 is 10.0 Å². The molecule has 2 aliphatic heterocycles. The van der Waals surface area contributed by atoms with Crippen LogP contribution in [0, 0.1) is 5.92 Å². The predicted octanol–water partition coefficient (Wildman–Crippen LogP) is 1.54. The van der Waals surface area contributed by atoms with Gasteiger partial charge in [0.25, 0.3) is 0 Å². The topological polar surface area (TPSA) is 118 Å². The molecule has 1 unspecified atom stereocenters. The van der Waals surface area contributed by atoms with E-state index in [9.17, 15) is 18.0 Å². The first-order valence-electron chi connectivity index (χ1n) is 11.7. The van der Waals surface area contributed by atoms with Gasteiger partial charge in [-0.1, -0.05) is 5.21 Å². The molecule has 0 aliphatic carbocycles. The summed E-state index contributed by atoms with van der Waals surface area (Å²) in [4.78, 5) is 26.3. The quantitative estimate of drug-likeness (QED) is 0.578. The Morgan fingerprint density at radius 1 is 1.24 bits per heavy atom. The standard InChI is InChI=1S/C22H32N6O4S/c1-16(2)28-20-9-8-18(14-19(20)24-25-28)33(31,32)27-13-3-6-17(15-27)22(30)23-10-5-12-26-11-4-7-21(26)29/h8-9,14,16-17H,3-7,10-13,15H2,1-2H3,(H,23,30). The molecule has 0 saturated carbocycles. The maximum Gasteiger partial charge on any atom is 0.243 e. The van der Waals surface area contributed by atoms with E-state index in [-0.39, 0.29) is 35.2 Å². The Kier molecular flexibility index (Phi) is 6.99. The summed E-state index contributed by atoms with van der Waals surface area (Å²) in [6, 6.07) is 5.00. The van der Waals surface area contributed by atoms with Gasteiger partial charge < -0.3 is 10.2 Å². The van der Waals surface area contributed by atoms with Crippen molar-refractivity contribution in [1.82, 2.24) is 29.5 Å². The van der Waals surface area contributed by atoms with Gasteiger partial charge in [0.15, 0.2) is 0 Å². The lowest BCUT2D eigenvalue weighted by atomic mass is 9.99. The molecule has 10 nitrogen and oxygen atoms in total. The molecule has 0 radical (unpaired) electrons. The fourth-order valence-corrected chi connectivity index (χ4v) is 6.10. The molecule has 33 heavy (non-hydrogen) atoms. The zero-order valence-electron chi connectivity index (χ0n) is 19.2. The number of hydrogen-bond acceptors (Lipinski definition) is 6. The molecule has 2 fully saturated rings. The highest BCUT2D eigenvalue weighted by Crippen LogP contribution is 2.26. The number of carbonyl (C=O) groups is 2. The van der Waals surface area contributed by atoms with E-state index >= 15 is 0 Å². The van der Waals surface area contributed by atoms with Gasteiger partial charge >= 0.3 is 0 Å². The highest BCUT2D eigenvalue weighted by atomic mass is 32.2. The van der Waals surface area contributed by atoms with Crippen LogP contribution in [0.4, 0.5) is 0 Å². The summed E-state index contributed by atoms with van der Waals surface area (Å²) < 4.78 is 29.7. The van der Waals surface area contributed by atoms with Gasteiger partial charge in [-0.05, 0) is 57.7 Å². The Balaban J connectivity index is 1.36. The first-order valence-corrected chi connectivity index (χ1v) is 13.1. The molecule has 2 aromatic rings. The molecule has 2 aliphatic rings. The number of nitrogens with zero attached hydrogens (tertiary/aromatic N) is 5. The number of nitrogens with one attached hydrogen (secondary N) is 1. The zero-order valence-corrected chi connectivity index (χ0v) is 20.1. The number of sulfonamides is 1. The fourth-order valence-electron chi connectivity index (χ4n) is 4.55. The lowest BCUT2D eigenvalue weighted by Crippen LogP contribution is -2.45. The van der Waals surface area contributed by atoms with Crippen LogP contribution in [0.15, 0.2) is 23.1 Å². The molecular weight excluding hydrogens is 444 g/mol. The van der Waals surface area contributed by atoms with Gasteiger partial charge in [0.1, 0.15) is 5.52 Å². The van der Waals surface area contributed by atoms with Crippen LogP contribution in [0.25, 0.3) is 11.0 Å². The van der Waals surface area contributed by atoms with E-state index in [4.69, 9.17) is 0 Å². The third-order valence-corrected chi connectivity index (χ3v) is 8.26. The van der Waals surface area contributed by atoms with Crippen molar-refractivity contribution in [2.75, 3.05) is 32.7 Å². The summed E-state index contributed by atoms with van der Waals surface area (Å²) in [5.41, 5.74) is 1.32. The van der Waals surface area contributed by atoms with Crippen LogP contribution in [-0.4, -0.2) is 77.2 Å². The largest absolute Gasteiger partial charge is 0.356 e. The van der Waals surface area contributed by atoms with Crippen LogP contribution >= 0.6 is 0 Å². The number of carbonyl (C=O) groups excluding carboxylic acids is 2. The lowest BCUT2D eigenvalue weighted by molar-refractivity contribution is -0.127. The SMILES string of the molecule is CC(C)n1nnc2cc(S(=O)(=O)N3CCCC(C(=O)NCCCN4CCCC4=O)C3)ccc21. The van der Waals surface area contributed by atoms with Crippen molar-refractivity contribution in [2.45, 2.75) is 56.9 Å². The predicted molar refractivity (Wildman–Crippen MR) is 123 cm³/mol. The molecule has 1 N–H and O–H groups in total. The van der Waals surface area contributed by atoms with Crippen molar-refractivity contribution < 1.29 is 18.0 Å². The average molecular weight is 477 g/mol. The highest BCUT2D eigenvalue weighted by Gasteiger charge is 2.33. The van der Waals surface area contributed by atoms with Gasteiger partial charge in [-0.15, -0.1) is 5.10 Å². The molecule has 3 heterocycles. The van der Waals surface area contributed by atoms with Crippen molar-refractivity contribution in [3.8, 4) is 0 Å². The number of piperidine rings is 1. The number of fused-ring (bicyclic) bond motifs is 1. The van der Waals surface area contributed by atoms with Gasteiger partial charge in [0, 0.05) is 45.2 Å². The fraction of sp³-hybridized carbons (Fsp3) is 0.636. The van der Waals surface area contributed by atoms with Gasteiger partial charge in [0.2, 0.25) is 21.8 Å². The van der Waals surface area contributed by atoms with E-state index in [1.165, 1.54) is 4.31 Å². The zero-order chi connectivity index (χ0) is 23.6. The summed E-state index contributed by atoms with van der Waals surface area (Å²) >= 11 is 0. The molecule has 1 atom stereocenters. The van der Waals surface area contributed by atoms with Crippen LogP contribution in [-0.2, 0) is 19.6 Å². The van der Waals surface area contributed by atoms with Gasteiger partial charge in [-0.2, -0.15) is 4.31 Å². The molecule has 1 aromatic carbocycles. The van der Waals surface area contributed by atoms with E-state index in [0.29, 0.717) is 50.8 Å². The third kappa shape index (κ3) is 5.03. The Bertz CT molecular complexity index is 1130. The Morgan fingerprint density at radius 2 is 2.06 bits per heavy atom. The second-order valence-electron chi connectivity index (χ2n) is 9.11. The molecule has 4 rings (SSSR count). The monoisotopic (exact) mass is 476 g/mol. The second kappa shape index (κ2) is 9.76. The molecule has 2 amide bonds. The van der Waals surface area contributed by atoms with Crippen LogP contribution in [0.1, 0.15) is 52.0 Å². The smallest absolute Gasteiger partial charge is 0.243 e. The summed E-state index contributed by atoms with van der Waals surface area (Å²) in [5.74, 6) is -0.329. The number of aromatic nitrogens is 3. The summed E-state index contributed by atoms with van der Waals surface area (Å²) in [6.07, 6.45) is 3.50. The minimum absolute atomic E-state index is 0.120. The molecular formula is C22H32N6O4S. The number of likely N-dealkylation sites (tertiary alicyclic amines) is 1. The van der Waals surface area contributed by atoms with E-state index in [2.05, 4.69) is 15.6 Å². The van der Waals surface area contributed by atoms with Crippen LogP contribution in [0.5, 0.6) is 0 Å². The summed E-state index contributed by atoms with van der Waals surface area (Å²) in [5, 5.41) is 11.2. The molecule has 11 heteroatoms. The molecule has 1 aromatic heterocycles. The Hall–Kier alpha value is -2.53. The normalized spacial score (nSPS) is 20.2. The molecule has 0 spiro atoms. The number of benzene rings is 1. The van der Waals surface area contributed by atoms with Crippen LogP contribution < -0.4 is 5.32 Å². The second-order valence-corrected chi connectivity index (χ2v) is 11.0. The van der Waals surface area contributed by atoms with Crippen molar-refractivity contribution in [2.24, 2.45) is 5.92 Å². The minimum atomic E-state index is -3.74. The number of amides is 2. The minimum Gasteiger partial charge on any atom is -0.356 e. The summed E-state index contributed by atoms with van der Waals surface area (Å²) in [7, 11) is -3.74. The van der Waals surface area contributed by atoms with Gasteiger partial charge in [0.05, 0.1) is 16.3 Å². The van der Waals surface area contributed by atoms with Gasteiger partial charge in [-0.25, -0.2) is 13.1 Å². The third-order valence-electron chi connectivity index (χ3n) is 6.40. The maximum absolute atomic E-state index is 13.3. The van der Waals surface area contributed by atoms with E-state index in [0.717, 1.165) is 18.5 Å². The molecule has 180 valence electrons. The summed E-state index contributed by atoms with van der Waals surface area (Å²) in [6.45, 7) is 6.45. The first-order chi connectivity index (χ1) is 15.8. The van der Waals surface area contributed by atoms with Crippen molar-refractivity contribution >= 4 is 32.9 Å². The van der Waals surface area contributed by atoms with Crippen molar-refractivity contribution in [3.63, 3.8) is 0 Å². The molecule has 0 bridgehead atoms. The lowest BCUT2D eigenvalue weighted by Gasteiger charge is -2.31. The van der Waals surface area contributed by atoms with E-state index in [1.54, 1.807) is 22.9 Å². The maximum atomic E-state index is 13.3. The average Bonchev–Trinajstić information content (AvgIpc) is 3.42. The Labute approximate surface area is 194 Å². The number of hydrogen-bond donors (Lipinski definition) is 1.